The lowest BCUT2D eigenvalue weighted by Gasteiger charge is -2.37. The van der Waals surface area contributed by atoms with Crippen molar-refractivity contribution in [3.63, 3.8) is 0 Å². The van der Waals surface area contributed by atoms with Gasteiger partial charge in [-0.2, -0.15) is 5.10 Å². The number of hydrogen-bond acceptors (Lipinski definition) is 6. The van der Waals surface area contributed by atoms with Crippen LogP contribution in [0.25, 0.3) is 0 Å². The SMILES string of the molecule is Cc1[nH]nc2c1C(=O)C(c1ccc(C(N)=O)c(NC3CCC(OCCN)CC3)c1)C(C)(C)C2. The second-order valence-electron chi connectivity index (χ2n) is 10.1. The number of fused-ring (bicyclic) bond motifs is 1. The van der Waals surface area contributed by atoms with Gasteiger partial charge in [0.15, 0.2) is 5.78 Å². The Bertz CT molecular complexity index is 1040. The molecule has 8 nitrogen and oxygen atoms in total. The largest absolute Gasteiger partial charge is 0.382 e. The molecule has 0 aliphatic heterocycles. The van der Waals surface area contributed by atoms with E-state index in [2.05, 4.69) is 29.4 Å². The topological polar surface area (TPSA) is 136 Å². The second kappa shape index (κ2) is 9.27. The molecule has 1 atom stereocenters. The fourth-order valence-electron chi connectivity index (χ4n) is 5.47. The Morgan fingerprint density at radius 1 is 1.27 bits per heavy atom. The predicted molar refractivity (Wildman–Crippen MR) is 128 cm³/mol. The van der Waals surface area contributed by atoms with Crippen molar-refractivity contribution in [2.75, 3.05) is 18.5 Å². The van der Waals surface area contributed by atoms with Crippen molar-refractivity contribution in [2.24, 2.45) is 16.9 Å². The number of H-pyrrole nitrogens is 1. The van der Waals surface area contributed by atoms with Crippen LogP contribution in [0.2, 0.25) is 0 Å². The Hall–Kier alpha value is -2.71. The van der Waals surface area contributed by atoms with E-state index in [0.29, 0.717) is 36.4 Å². The number of ether oxygens (including phenoxy) is 1. The molecule has 0 radical (unpaired) electrons. The summed E-state index contributed by atoms with van der Waals surface area (Å²) in [5.41, 5.74) is 15.3. The number of aromatic amines is 1. The molecule has 1 fully saturated rings. The number of nitrogens with zero attached hydrogens (tertiary/aromatic N) is 1. The number of carbonyl (C=O) groups excluding carboxylic acids is 2. The van der Waals surface area contributed by atoms with Crippen LogP contribution < -0.4 is 16.8 Å². The summed E-state index contributed by atoms with van der Waals surface area (Å²) in [7, 11) is 0. The van der Waals surface area contributed by atoms with E-state index < -0.39 is 5.91 Å². The lowest BCUT2D eigenvalue weighted by atomic mass is 9.64. The maximum atomic E-state index is 13.6. The van der Waals surface area contributed by atoms with Gasteiger partial charge in [-0.3, -0.25) is 14.7 Å². The van der Waals surface area contributed by atoms with Crippen LogP contribution in [-0.2, 0) is 11.2 Å². The third-order valence-corrected chi connectivity index (χ3v) is 7.08. The molecule has 1 unspecified atom stereocenters. The fourth-order valence-corrected chi connectivity index (χ4v) is 5.47. The average molecular weight is 454 g/mol. The van der Waals surface area contributed by atoms with Crippen molar-refractivity contribution in [3.8, 4) is 0 Å². The number of hydrogen-bond donors (Lipinski definition) is 4. The molecule has 178 valence electrons. The number of aryl methyl sites for hydroxylation is 1. The summed E-state index contributed by atoms with van der Waals surface area (Å²) in [6, 6.07) is 5.78. The Morgan fingerprint density at radius 2 is 2.00 bits per heavy atom. The maximum Gasteiger partial charge on any atom is 0.250 e. The number of anilines is 1. The zero-order valence-corrected chi connectivity index (χ0v) is 19.7. The van der Waals surface area contributed by atoms with Crippen LogP contribution in [0.1, 0.15) is 83.1 Å². The molecule has 1 aromatic heterocycles. The summed E-state index contributed by atoms with van der Waals surface area (Å²) in [5, 5.41) is 10.9. The summed E-state index contributed by atoms with van der Waals surface area (Å²) in [4.78, 5) is 25.7. The zero-order valence-electron chi connectivity index (χ0n) is 19.7. The van der Waals surface area contributed by atoms with Crippen molar-refractivity contribution in [2.45, 2.75) is 70.9 Å². The molecule has 1 heterocycles. The number of amides is 1. The summed E-state index contributed by atoms with van der Waals surface area (Å²) < 4.78 is 5.79. The molecule has 0 bridgehead atoms. The number of aromatic nitrogens is 2. The quantitative estimate of drug-likeness (QED) is 0.509. The highest BCUT2D eigenvalue weighted by atomic mass is 16.5. The van der Waals surface area contributed by atoms with Gasteiger partial charge in [0.1, 0.15) is 0 Å². The summed E-state index contributed by atoms with van der Waals surface area (Å²) in [6.07, 6.45) is 4.70. The number of Topliss-reactive ketones (excluding diaryl/α,β-unsaturated/α-hetero) is 1. The zero-order chi connectivity index (χ0) is 23.8. The number of carbonyl (C=O) groups is 2. The lowest BCUT2D eigenvalue weighted by Crippen LogP contribution is -2.36. The Morgan fingerprint density at radius 3 is 2.67 bits per heavy atom. The van der Waals surface area contributed by atoms with Gasteiger partial charge in [0.05, 0.1) is 35.4 Å². The normalized spacial score (nSPS) is 24.4. The minimum absolute atomic E-state index is 0.0721. The number of nitrogens with two attached hydrogens (primary N) is 2. The highest BCUT2D eigenvalue weighted by molar-refractivity contribution is 6.05. The average Bonchev–Trinajstić information content (AvgIpc) is 3.12. The highest BCUT2D eigenvalue weighted by Gasteiger charge is 2.44. The standard InChI is InChI=1S/C25H35N5O3/c1-14-21-20(30-29-14)13-25(2,3)22(23(21)31)15-4-9-18(24(27)32)19(12-15)28-16-5-7-17(8-6-16)33-11-10-26/h4,9,12,16-17,22,28H,5-8,10-11,13,26H2,1-3H3,(H2,27,32)(H,29,30). The van der Waals surface area contributed by atoms with Gasteiger partial charge in [-0.25, -0.2) is 0 Å². The van der Waals surface area contributed by atoms with Gasteiger partial charge in [0, 0.05) is 24.0 Å². The van der Waals surface area contributed by atoms with E-state index in [0.717, 1.165) is 42.6 Å². The second-order valence-corrected chi connectivity index (χ2v) is 10.1. The molecule has 4 rings (SSSR count). The van der Waals surface area contributed by atoms with Crippen LogP contribution in [-0.4, -0.2) is 47.2 Å². The summed E-state index contributed by atoms with van der Waals surface area (Å²) >= 11 is 0. The summed E-state index contributed by atoms with van der Waals surface area (Å²) in [5.74, 6) is -0.738. The third kappa shape index (κ3) is 4.68. The van der Waals surface area contributed by atoms with Gasteiger partial charge >= 0.3 is 0 Å². The van der Waals surface area contributed by atoms with Crippen LogP contribution in [0.3, 0.4) is 0 Å². The first-order valence-corrected chi connectivity index (χ1v) is 11.8. The van der Waals surface area contributed by atoms with Crippen LogP contribution in [0.4, 0.5) is 5.69 Å². The number of ketones is 1. The summed E-state index contributed by atoms with van der Waals surface area (Å²) in [6.45, 7) is 7.19. The van der Waals surface area contributed by atoms with Crippen molar-refractivity contribution in [3.05, 3.63) is 46.3 Å². The maximum absolute atomic E-state index is 13.6. The Balaban J connectivity index is 1.60. The third-order valence-electron chi connectivity index (χ3n) is 7.08. The van der Waals surface area contributed by atoms with Crippen LogP contribution in [0.5, 0.6) is 0 Å². The Kier molecular flexibility index (Phi) is 6.59. The van der Waals surface area contributed by atoms with E-state index in [1.165, 1.54) is 0 Å². The van der Waals surface area contributed by atoms with Gasteiger partial charge in [-0.1, -0.05) is 19.9 Å². The molecule has 2 aromatic rings. The Labute approximate surface area is 194 Å². The van der Waals surface area contributed by atoms with E-state index >= 15 is 0 Å². The molecule has 1 aromatic carbocycles. The number of rotatable bonds is 7. The molecular formula is C25H35N5O3. The molecule has 1 amide bonds. The molecule has 0 spiro atoms. The van der Waals surface area contributed by atoms with Gasteiger partial charge in [-0.05, 0) is 62.1 Å². The van der Waals surface area contributed by atoms with Crippen molar-refractivity contribution >= 4 is 17.4 Å². The van der Waals surface area contributed by atoms with Gasteiger partial charge < -0.3 is 21.5 Å². The molecule has 33 heavy (non-hydrogen) atoms. The highest BCUT2D eigenvalue weighted by Crippen LogP contribution is 2.46. The van der Waals surface area contributed by atoms with Crippen molar-refractivity contribution < 1.29 is 14.3 Å². The van der Waals surface area contributed by atoms with Crippen LogP contribution >= 0.6 is 0 Å². The fraction of sp³-hybridized carbons (Fsp3) is 0.560. The smallest absolute Gasteiger partial charge is 0.250 e. The van der Waals surface area contributed by atoms with Crippen LogP contribution in [0.15, 0.2) is 18.2 Å². The van der Waals surface area contributed by atoms with E-state index in [1.54, 1.807) is 6.07 Å². The van der Waals surface area contributed by atoms with Crippen LogP contribution in [0, 0.1) is 12.3 Å². The molecule has 2 aliphatic rings. The number of benzene rings is 1. The minimum Gasteiger partial charge on any atom is -0.382 e. The monoisotopic (exact) mass is 453 g/mol. The first kappa shape index (κ1) is 23.4. The first-order valence-electron chi connectivity index (χ1n) is 11.8. The molecule has 0 saturated heterocycles. The van der Waals surface area contributed by atoms with E-state index in [4.69, 9.17) is 16.2 Å². The van der Waals surface area contributed by atoms with E-state index in [9.17, 15) is 9.59 Å². The molecule has 8 heteroatoms. The molecule has 1 saturated carbocycles. The van der Waals surface area contributed by atoms with E-state index in [-0.39, 0.29) is 29.3 Å². The van der Waals surface area contributed by atoms with E-state index in [1.807, 2.05) is 19.1 Å². The number of nitrogens with one attached hydrogen (secondary N) is 2. The predicted octanol–water partition coefficient (Wildman–Crippen LogP) is 3.06. The molecular weight excluding hydrogens is 418 g/mol. The molecule has 6 N–H and O–H groups in total. The van der Waals surface area contributed by atoms with Gasteiger partial charge in [0.2, 0.25) is 0 Å². The van der Waals surface area contributed by atoms with Crippen molar-refractivity contribution in [1.82, 2.24) is 10.2 Å². The first-order chi connectivity index (χ1) is 15.7. The van der Waals surface area contributed by atoms with Gasteiger partial charge in [0.25, 0.3) is 5.91 Å². The number of primary amides is 1. The molecule has 2 aliphatic carbocycles. The van der Waals surface area contributed by atoms with Gasteiger partial charge in [-0.15, -0.1) is 0 Å². The lowest BCUT2D eigenvalue weighted by molar-refractivity contribution is 0.0312. The van der Waals surface area contributed by atoms with Crippen molar-refractivity contribution in [1.29, 1.82) is 0 Å². The minimum atomic E-state index is -0.480.